The largest absolute Gasteiger partial charge is 0.393 e. The van der Waals surface area contributed by atoms with Gasteiger partial charge in [0.05, 0.1) is 6.10 Å². The maximum Gasteiger partial charge on any atom is 0.277 e. The Bertz CT molecular complexity index is 336. The summed E-state index contributed by atoms with van der Waals surface area (Å²) in [5.41, 5.74) is 5.31. The lowest BCUT2D eigenvalue weighted by molar-refractivity contribution is 0.0914. The zero-order valence-corrected chi connectivity index (χ0v) is 8.60. The van der Waals surface area contributed by atoms with Gasteiger partial charge in [-0.15, -0.1) is 0 Å². The highest BCUT2D eigenvalue weighted by molar-refractivity contribution is 5.96. The minimum Gasteiger partial charge on any atom is -0.393 e. The van der Waals surface area contributed by atoms with Crippen molar-refractivity contribution in [1.82, 2.24) is 15.6 Å². The van der Waals surface area contributed by atoms with Crippen LogP contribution in [-0.4, -0.2) is 33.5 Å². The number of rotatable bonds is 4. The lowest BCUT2D eigenvalue weighted by atomic mass is 10.1. The van der Waals surface area contributed by atoms with Crippen molar-refractivity contribution in [2.24, 2.45) is 0 Å². The van der Waals surface area contributed by atoms with Crippen LogP contribution >= 0.6 is 0 Å². The lowest BCUT2D eigenvalue weighted by Gasteiger charge is -2.14. The Morgan fingerprint density at radius 1 is 1.60 bits per heavy atom. The van der Waals surface area contributed by atoms with Crippen molar-refractivity contribution in [3.8, 4) is 0 Å². The summed E-state index contributed by atoms with van der Waals surface area (Å²) >= 11 is 0. The topological polar surface area (TPSA) is 114 Å². The molecule has 0 spiro atoms. The predicted molar refractivity (Wildman–Crippen MR) is 51.9 cm³/mol. The molecule has 0 bridgehead atoms. The van der Waals surface area contributed by atoms with Gasteiger partial charge < -0.3 is 16.2 Å². The minimum atomic E-state index is -0.479. The maximum absolute atomic E-state index is 11.5. The van der Waals surface area contributed by atoms with Gasteiger partial charge in [0, 0.05) is 6.04 Å². The van der Waals surface area contributed by atoms with Crippen molar-refractivity contribution in [2.75, 3.05) is 5.73 Å². The molecule has 7 heteroatoms. The van der Waals surface area contributed by atoms with E-state index in [1.165, 1.54) is 0 Å². The first-order chi connectivity index (χ1) is 7.00. The molecule has 0 aliphatic rings. The van der Waals surface area contributed by atoms with Gasteiger partial charge in [-0.1, -0.05) is 0 Å². The highest BCUT2D eigenvalue weighted by Crippen LogP contribution is 2.05. The van der Waals surface area contributed by atoms with Crippen LogP contribution in [0.3, 0.4) is 0 Å². The van der Waals surface area contributed by atoms with Crippen molar-refractivity contribution in [3.63, 3.8) is 0 Å². The number of aliphatic hydroxyl groups excluding tert-OH is 1. The number of nitrogen functional groups attached to an aromatic ring is 1. The van der Waals surface area contributed by atoms with Crippen molar-refractivity contribution in [1.29, 1.82) is 0 Å². The summed E-state index contributed by atoms with van der Waals surface area (Å²) in [5.74, 6) is -0.501. The maximum atomic E-state index is 11.5. The van der Waals surface area contributed by atoms with Crippen molar-refractivity contribution < 1.29 is 14.5 Å². The second-order valence-corrected chi connectivity index (χ2v) is 3.46. The Kier molecular flexibility index (Phi) is 3.62. The molecule has 0 aliphatic heterocycles. The van der Waals surface area contributed by atoms with E-state index in [4.69, 9.17) is 10.8 Å². The average Bonchev–Trinajstić information content (AvgIpc) is 2.49. The third kappa shape index (κ3) is 3.21. The molecule has 0 aromatic carbocycles. The zero-order chi connectivity index (χ0) is 11.4. The molecule has 1 aromatic rings. The fourth-order valence-corrected chi connectivity index (χ4v) is 1.22. The van der Waals surface area contributed by atoms with E-state index in [1.54, 1.807) is 13.8 Å². The summed E-state index contributed by atoms with van der Waals surface area (Å²) in [6, 6.07) is -0.173. The van der Waals surface area contributed by atoms with Gasteiger partial charge in [0.15, 0.2) is 0 Å². The smallest absolute Gasteiger partial charge is 0.277 e. The van der Waals surface area contributed by atoms with E-state index in [1.807, 2.05) is 0 Å². The molecule has 0 aliphatic carbocycles. The van der Waals surface area contributed by atoms with E-state index < -0.39 is 12.0 Å². The minimum absolute atomic E-state index is 0.0348. The normalized spacial score (nSPS) is 14.6. The van der Waals surface area contributed by atoms with Crippen molar-refractivity contribution in [3.05, 3.63) is 5.69 Å². The Morgan fingerprint density at radius 2 is 2.27 bits per heavy atom. The highest BCUT2D eigenvalue weighted by Gasteiger charge is 2.18. The zero-order valence-electron chi connectivity index (χ0n) is 8.60. The second kappa shape index (κ2) is 4.74. The number of amides is 1. The third-order valence-electron chi connectivity index (χ3n) is 1.80. The molecular weight excluding hydrogens is 200 g/mol. The van der Waals surface area contributed by atoms with Gasteiger partial charge in [-0.3, -0.25) is 4.79 Å². The number of nitrogens with zero attached hydrogens (tertiary/aromatic N) is 2. The molecule has 1 amide bonds. The van der Waals surface area contributed by atoms with Gasteiger partial charge in [0.2, 0.25) is 11.5 Å². The second-order valence-electron chi connectivity index (χ2n) is 3.46. The molecular formula is C8H14N4O3. The predicted octanol–water partition coefficient (Wildman–Crippen LogP) is -0.459. The van der Waals surface area contributed by atoms with Crippen LogP contribution in [0.5, 0.6) is 0 Å². The van der Waals surface area contributed by atoms with Crippen LogP contribution in [0.15, 0.2) is 4.63 Å². The van der Waals surface area contributed by atoms with Gasteiger partial charge in [-0.05, 0) is 30.6 Å². The van der Waals surface area contributed by atoms with Crippen LogP contribution in [0.2, 0.25) is 0 Å². The average molecular weight is 214 g/mol. The standard InChI is InChI=1S/C8H14N4O3/c1-4(3-5(2)13)10-8(14)6-7(9)12-15-11-6/h4-5,13H,3H2,1-2H3,(H2,9,12)(H,10,14). The quantitative estimate of drug-likeness (QED) is 0.624. The van der Waals surface area contributed by atoms with Gasteiger partial charge in [-0.25, -0.2) is 4.63 Å². The summed E-state index contributed by atoms with van der Waals surface area (Å²) in [7, 11) is 0. The molecule has 4 N–H and O–H groups in total. The van der Waals surface area contributed by atoms with E-state index in [0.717, 1.165) is 0 Å². The number of nitrogens with one attached hydrogen (secondary N) is 1. The molecule has 7 nitrogen and oxygen atoms in total. The number of hydrogen-bond donors (Lipinski definition) is 3. The van der Waals surface area contributed by atoms with E-state index in [2.05, 4.69) is 20.3 Å². The van der Waals surface area contributed by atoms with E-state index in [9.17, 15) is 4.79 Å². The first kappa shape index (κ1) is 11.4. The SMILES string of the molecule is CC(O)CC(C)NC(=O)c1nonc1N. The fraction of sp³-hybridized carbons (Fsp3) is 0.625. The van der Waals surface area contributed by atoms with Gasteiger partial charge in [0.1, 0.15) is 0 Å². The van der Waals surface area contributed by atoms with Crippen molar-refractivity contribution in [2.45, 2.75) is 32.4 Å². The summed E-state index contributed by atoms with van der Waals surface area (Å²) in [4.78, 5) is 11.5. The van der Waals surface area contributed by atoms with Crippen LogP contribution < -0.4 is 11.1 Å². The molecule has 0 saturated heterocycles. The first-order valence-electron chi connectivity index (χ1n) is 4.57. The molecule has 15 heavy (non-hydrogen) atoms. The molecule has 2 unspecified atom stereocenters. The van der Waals surface area contributed by atoms with Gasteiger partial charge in [0.25, 0.3) is 5.91 Å². The third-order valence-corrected chi connectivity index (χ3v) is 1.80. The Hall–Kier alpha value is -1.63. The summed E-state index contributed by atoms with van der Waals surface area (Å²) in [6.07, 6.45) is -0.0233. The van der Waals surface area contributed by atoms with Crippen LogP contribution in [0.25, 0.3) is 0 Å². The number of aromatic nitrogens is 2. The molecule has 0 radical (unpaired) electrons. The highest BCUT2D eigenvalue weighted by atomic mass is 16.6. The Morgan fingerprint density at radius 3 is 2.73 bits per heavy atom. The van der Waals surface area contributed by atoms with E-state index >= 15 is 0 Å². The van der Waals surface area contributed by atoms with Crippen molar-refractivity contribution >= 4 is 11.7 Å². The van der Waals surface area contributed by atoms with E-state index in [0.29, 0.717) is 6.42 Å². The monoisotopic (exact) mass is 214 g/mol. The molecule has 1 aromatic heterocycles. The number of aliphatic hydroxyl groups is 1. The number of anilines is 1. The number of carbonyl (C=O) groups excluding carboxylic acids is 1. The van der Waals surface area contributed by atoms with E-state index in [-0.39, 0.29) is 17.6 Å². The summed E-state index contributed by atoms with van der Waals surface area (Å²) < 4.78 is 4.29. The molecule has 2 atom stereocenters. The van der Waals surface area contributed by atoms with Crippen LogP contribution in [0.4, 0.5) is 5.82 Å². The summed E-state index contributed by atoms with van der Waals surface area (Å²) in [5, 5.41) is 18.4. The number of nitrogens with two attached hydrogens (primary N) is 1. The Balaban J connectivity index is 2.53. The summed E-state index contributed by atoms with van der Waals surface area (Å²) in [6.45, 7) is 3.42. The first-order valence-corrected chi connectivity index (χ1v) is 4.57. The molecule has 0 saturated carbocycles. The molecule has 84 valence electrons. The van der Waals surface area contributed by atoms with Gasteiger partial charge in [-0.2, -0.15) is 0 Å². The van der Waals surface area contributed by atoms with Crippen LogP contribution in [0, 0.1) is 0 Å². The lowest BCUT2D eigenvalue weighted by Crippen LogP contribution is -2.35. The molecule has 1 rings (SSSR count). The fourth-order valence-electron chi connectivity index (χ4n) is 1.22. The van der Waals surface area contributed by atoms with Crippen LogP contribution in [0.1, 0.15) is 30.8 Å². The molecule has 0 fully saturated rings. The Labute approximate surface area is 86.6 Å². The van der Waals surface area contributed by atoms with Crippen LogP contribution in [-0.2, 0) is 0 Å². The number of carbonyl (C=O) groups is 1. The van der Waals surface area contributed by atoms with Gasteiger partial charge >= 0.3 is 0 Å². The molecule has 1 heterocycles. The number of hydrogen-bond acceptors (Lipinski definition) is 6.